The Balaban J connectivity index is 2.56. The molecule has 0 amide bonds. The predicted octanol–water partition coefficient (Wildman–Crippen LogP) is 0.874. The summed E-state index contributed by atoms with van der Waals surface area (Å²) >= 11 is 0. The quantitative estimate of drug-likeness (QED) is 0.769. The molecule has 2 N–H and O–H groups in total. The lowest BCUT2D eigenvalue weighted by molar-refractivity contribution is -0.143. The van der Waals surface area contributed by atoms with E-state index in [1.165, 1.54) is 0 Å². The van der Waals surface area contributed by atoms with E-state index in [2.05, 4.69) is 11.4 Å². The van der Waals surface area contributed by atoms with Gasteiger partial charge in [-0.05, 0) is 24.6 Å². The number of rotatable bonds is 2. The largest absolute Gasteiger partial charge is 0.481 e. The highest BCUT2D eigenvalue weighted by molar-refractivity contribution is 5.83. The smallest absolute Gasteiger partial charge is 0.315 e. The molecule has 1 fully saturated rings. The van der Waals surface area contributed by atoms with E-state index in [1.807, 2.05) is 0 Å². The fourth-order valence-electron chi connectivity index (χ4n) is 2.22. The van der Waals surface area contributed by atoms with Crippen molar-refractivity contribution in [1.82, 2.24) is 5.32 Å². The van der Waals surface area contributed by atoms with Crippen LogP contribution >= 0.6 is 0 Å². The van der Waals surface area contributed by atoms with Crippen molar-refractivity contribution in [2.45, 2.75) is 11.8 Å². The van der Waals surface area contributed by atoms with Gasteiger partial charge in [-0.3, -0.25) is 4.79 Å². The molecule has 0 aliphatic carbocycles. The van der Waals surface area contributed by atoms with Gasteiger partial charge in [0.15, 0.2) is 0 Å². The van der Waals surface area contributed by atoms with Crippen molar-refractivity contribution in [3.63, 3.8) is 0 Å². The molecule has 2 rings (SSSR count). The average Bonchev–Trinajstić information content (AvgIpc) is 2.79. The van der Waals surface area contributed by atoms with Crippen LogP contribution in [-0.2, 0) is 10.2 Å². The standard InChI is InChI=1S/C12H12N2O2/c13-7-9-3-1-2-4-10(9)12(11(15)16)5-6-14-8-12/h1-4,14H,5-6,8H2,(H,15,16). The minimum absolute atomic E-state index is 0.390. The van der Waals surface area contributed by atoms with Crippen LogP contribution < -0.4 is 5.32 Å². The van der Waals surface area contributed by atoms with Crippen LogP contribution in [0.25, 0.3) is 0 Å². The van der Waals surface area contributed by atoms with Crippen LogP contribution in [0.15, 0.2) is 24.3 Å². The lowest BCUT2D eigenvalue weighted by atomic mass is 9.77. The van der Waals surface area contributed by atoms with E-state index < -0.39 is 11.4 Å². The highest BCUT2D eigenvalue weighted by atomic mass is 16.4. The van der Waals surface area contributed by atoms with Crippen LogP contribution in [0, 0.1) is 11.3 Å². The average molecular weight is 216 g/mol. The number of carboxylic acids is 1. The highest BCUT2D eigenvalue weighted by Crippen LogP contribution is 2.33. The van der Waals surface area contributed by atoms with Crippen molar-refractivity contribution in [3.8, 4) is 6.07 Å². The predicted molar refractivity (Wildman–Crippen MR) is 58.0 cm³/mol. The molecule has 1 aromatic rings. The summed E-state index contributed by atoms with van der Waals surface area (Å²) < 4.78 is 0. The normalized spacial score (nSPS) is 23.9. The van der Waals surface area contributed by atoms with E-state index in [9.17, 15) is 9.90 Å². The number of carboxylic acid groups (broad SMARTS) is 1. The molecule has 1 aliphatic rings. The number of nitriles is 1. The van der Waals surface area contributed by atoms with Crippen molar-refractivity contribution in [3.05, 3.63) is 35.4 Å². The van der Waals surface area contributed by atoms with Crippen LogP contribution in [0.4, 0.5) is 0 Å². The zero-order valence-corrected chi connectivity index (χ0v) is 8.73. The minimum Gasteiger partial charge on any atom is -0.481 e. The summed E-state index contributed by atoms with van der Waals surface area (Å²) in [6.07, 6.45) is 0.529. The highest BCUT2D eigenvalue weighted by Gasteiger charge is 2.44. The summed E-state index contributed by atoms with van der Waals surface area (Å²) in [6.45, 7) is 1.06. The second-order valence-electron chi connectivity index (χ2n) is 3.97. The maximum absolute atomic E-state index is 11.4. The molecule has 0 spiro atoms. The van der Waals surface area contributed by atoms with Crippen molar-refractivity contribution >= 4 is 5.97 Å². The maximum Gasteiger partial charge on any atom is 0.315 e. The van der Waals surface area contributed by atoms with Gasteiger partial charge in [0.05, 0.1) is 11.6 Å². The van der Waals surface area contributed by atoms with Gasteiger partial charge in [-0.2, -0.15) is 5.26 Å². The summed E-state index contributed by atoms with van der Waals surface area (Å²) in [6, 6.07) is 8.99. The second-order valence-corrected chi connectivity index (χ2v) is 3.97. The molecule has 4 heteroatoms. The third-order valence-electron chi connectivity index (χ3n) is 3.13. The summed E-state index contributed by atoms with van der Waals surface area (Å²) in [7, 11) is 0. The summed E-state index contributed by atoms with van der Waals surface area (Å²) in [5, 5.41) is 21.5. The summed E-state index contributed by atoms with van der Waals surface area (Å²) in [4.78, 5) is 11.4. The molecule has 82 valence electrons. The number of nitrogens with zero attached hydrogens (tertiary/aromatic N) is 1. The minimum atomic E-state index is -0.938. The lowest BCUT2D eigenvalue weighted by Gasteiger charge is -2.24. The first-order valence-electron chi connectivity index (χ1n) is 5.14. The molecule has 1 heterocycles. The Morgan fingerprint density at radius 1 is 1.50 bits per heavy atom. The van der Waals surface area contributed by atoms with Gasteiger partial charge in [0.1, 0.15) is 5.41 Å². The van der Waals surface area contributed by atoms with E-state index in [0.717, 1.165) is 0 Å². The molecular weight excluding hydrogens is 204 g/mol. The Morgan fingerprint density at radius 3 is 2.81 bits per heavy atom. The first-order chi connectivity index (χ1) is 7.70. The molecule has 0 saturated carbocycles. The fourth-order valence-corrected chi connectivity index (χ4v) is 2.22. The van der Waals surface area contributed by atoms with Gasteiger partial charge in [0, 0.05) is 6.54 Å². The molecule has 0 radical (unpaired) electrons. The number of hydrogen-bond donors (Lipinski definition) is 2. The third-order valence-corrected chi connectivity index (χ3v) is 3.13. The molecule has 0 bridgehead atoms. The number of carbonyl (C=O) groups is 1. The van der Waals surface area contributed by atoms with Gasteiger partial charge in [0.25, 0.3) is 0 Å². The molecule has 1 aromatic carbocycles. The van der Waals surface area contributed by atoms with Crippen LogP contribution in [0.1, 0.15) is 17.5 Å². The molecule has 1 unspecified atom stereocenters. The fraction of sp³-hybridized carbons (Fsp3) is 0.333. The molecule has 4 nitrogen and oxygen atoms in total. The number of aliphatic carboxylic acids is 1. The lowest BCUT2D eigenvalue weighted by Crippen LogP contribution is -2.38. The number of hydrogen-bond acceptors (Lipinski definition) is 3. The van der Waals surface area contributed by atoms with Crippen LogP contribution in [0.5, 0.6) is 0 Å². The van der Waals surface area contributed by atoms with Gasteiger partial charge in [-0.25, -0.2) is 0 Å². The number of benzene rings is 1. The zero-order valence-electron chi connectivity index (χ0n) is 8.73. The molecule has 0 aromatic heterocycles. The van der Waals surface area contributed by atoms with Crippen LogP contribution in [-0.4, -0.2) is 24.2 Å². The topological polar surface area (TPSA) is 73.1 Å². The van der Waals surface area contributed by atoms with E-state index in [-0.39, 0.29) is 0 Å². The SMILES string of the molecule is N#Cc1ccccc1C1(C(=O)O)CCNC1. The van der Waals surface area contributed by atoms with Gasteiger partial charge in [-0.15, -0.1) is 0 Å². The van der Waals surface area contributed by atoms with Gasteiger partial charge < -0.3 is 10.4 Å². The van der Waals surface area contributed by atoms with E-state index in [4.69, 9.17) is 5.26 Å². The first-order valence-corrected chi connectivity index (χ1v) is 5.14. The first kappa shape index (κ1) is 10.7. The van der Waals surface area contributed by atoms with Gasteiger partial charge in [-0.1, -0.05) is 18.2 Å². The second kappa shape index (κ2) is 3.95. The zero-order chi connectivity index (χ0) is 11.6. The molecule has 1 aliphatic heterocycles. The summed E-state index contributed by atoms with van der Waals surface area (Å²) in [5.74, 6) is -0.861. The molecular formula is C12H12N2O2. The summed E-state index contributed by atoms with van der Waals surface area (Å²) in [5.41, 5.74) is 0.135. The van der Waals surface area contributed by atoms with Crippen molar-refractivity contribution < 1.29 is 9.90 Å². The molecule has 1 saturated heterocycles. The molecule has 1 atom stereocenters. The molecule has 16 heavy (non-hydrogen) atoms. The Bertz CT molecular complexity index is 456. The Labute approximate surface area is 93.5 Å². The monoisotopic (exact) mass is 216 g/mol. The third kappa shape index (κ3) is 1.46. The van der Waals surface area contributed by atoms with E-state index in [1.54, 1.807) is 24.3 Å². The van der Waals surface area contributed by atoms with E-state index in [0.29, 0.717) is 30.6 Å². The van der Waals surface area contributed by atoms with Gasteiger partial charge in [0.2, 0.25) is 0 Å². The van der Waals surface area contributed by atoms with Crippen molar-refractivity contribution in [2.75, 3.05) is 13.1 Å². The van der Waals surface area contributed by atoms with Crippen LogP contribution in [0.2, 0.25) is 0 Å². The Kier molecular flexibility index (Phi) is 2.63. The Morgan fingerprint density at radius 2 is 2.25 bits per heavy atom. The van der Waals surface area contributed by atoms with Crippen molar-refractivity contribution in [1.29, 1.82) is 5.26 Å². The van der Waals surface area contributed by atoms with Crippen LogP contribution in [0.3, 0.4) is 0 Å². The number of nitrogens with one attached hydrogen (secondary N) is 1. The van der Waals surface area contributed by atoms with E-state index >= 15 is 0 Å². The van der Waals surface area contributed by atoms with Crippen molar-refractivity contribution in [2.24, 2.45) is 0 Å². The Hall–Kier alpha value is -1.86. The van der Waals surface area contributed by atoms with Gasteiger partial charge >= 0.3 is 5.97 Å². The maximum atomic E-state index is 11.4.